The van der Waals surface area contributed by atoms with Crippen molar-refractivity contribution in [3.05, 3.63) is 47.2 Å². The second-order valence-corrected chi connectivity index (χ2v) is 9.69. The minimum Gasteiger partial charge on any atom is -0.336 e. The summed E-state index contributed by atoms with van der Waals surface area (Å²) in [6, 6.07) is 11.1. The number of halogens is 1. The summed E-state index contributed by atoms with van der Waals surface area (Å²) in [5, 5.41) is 15.3. The van der Waals surface area contributed by atoms with Crippen LogP contribution in [0.15, 0.2) is 41.4 Å². The van der Waals surface area contributed by atoms with E-state index in [0.29, 0.717) is 35.7 Å². The predicted octanol–water partition coefficient (Wildman–Crippen LogP) is 2.72. The Morgan fingerprint density at radius 1 is 1.41 bits per heavy atom. The first-order valence-corrected chi connectivity index (χ1v) is 11.1. The molecule has 29 heavy (non-hydrogen) atoms. The summed E-state index contributed by atoms with van der Waals surface area (Å²) < 4.78 is 13.1. The van der Waals surface area contributed by atoms with Gasteiger partial charge in [-0.25, -0.2) is 0 Å². The fraction of sp³-hybridized carbons (Fsp3) is 0.381. The van der Waals surface area contributed by atoms with E-state index in [0.717, 1.165) is 16.8 Å². The van der Waals surface area contributed by atoms with Crippen LogP contribution in [0.4, 0.5) is 0 Å². The van der Waals surface area contributed by atoms with Gasteiger partial charge in [0.2, 0.25) is 5.91 Å². The van der Waals surface area contributed by atoms with Crippen molar-refractivity contribution in [1.82, 2.24) is 15.6 Å². The molecule has 0 spiro atoms. The van der Waals surface area contributed by atoms with Crippen LogP contribution in [0, 0.1) is 18.3 Å². The highest BCUT2D eigenvalue weighted by Gasteiger charge is 2.46. The highest BCUT2D eigenvalue weighted by atomic mass is 35.5. The Morgan fingerprint density at radius 2 is 2.21 bits per heavy atom. The van der Waals surface area contributed by atoms with E-state index in [-0.39, 0.29) is 11.2 Å². The maximum Gasteiger partial charge on any atom is 0.238 e. The van der Waals surface area contributed by atoms with Crippen molar-refractivity contribution < 1.29 is 9.00 Å². The van der Waals surface area contributed by atoms with E-state index in [1.165, 1.54) is 0 Å². The lowest BCUT2D eigenvalue weighted by molar-refractivity contribution is -0.123. The summed E-state index contributed by atoms with van der Waals surface area (Å²) in [5.74, 6) is -0.197. The van der Waals surface area contributed by atoms with E-state index < -0.39 is 22.4 Å². The molecule has 2 heterocycles. The van der Waals surface area contributed by atoms with Crippen LogP contribution in [-0.4, -0.2) is 38.5 Å². The molecule has 1 amide bonds. The number of hydrogen-bond donors (Lipinski definition) is 2. The van der Waals surface area contributed by atoms with Gasteiger partial charge in [0.15, 0.2) is 0 Å². The van der Waals surface area contributed by atoms with Crippen LogP contribution in [0.3, 0.4) is 0 Å². The summed E-state index contributed by atoms with van der Waals surface area (Å²) in [6.45, 7) is 2.40. The first kappa shape index (κ1) is 20.0. The number of nitriles is 1. The summed E-state index contributed by atoms with van der Waals surface area (Å²) in [4.78, 5) is 17.3. The molecule has 1 saturated heterocycles. The van der Waals surface area contributed by atoms with Crippen molar-refractivity contribution in [2.24, 2.45) is 0 Å². The van der Waals surface area contributed by atoms with Gasteiger partial charge >= 0.3 is 0 Å². The molecule has 2 aliphatic rings. The minimum atomic E-state index is -1.34. The Hall–Kier alpha value is -2.27. The maximum absolute atomic E-state index is 13.1. The molecule has 1 aliphatic heterocycles. The third-order valence-corrected chi connectivity index (χ3v) is 7.68. The van der Waals surface area contributed by atoms with Gasteiger partial charge in [0, 0.05) is 24.0 Å². The van der Waals surface area contributed by atoms with E-state index in [1.807, 2.05) is 31.2 Å². The maximum atomic E-state index is 13.1. The lowest BCUT2D eigenvalue weighted by Gasteiger charge is -2.15. The summed E-state index contributed by atoms with van der Waals surface area (Å²) in [7, 11) is -1.34. The highest BCUT2D eigenvalue weighted by Crippen LogP contribution is 2.35. The highest BCUT2D eigenvalue weighted by molar-refractivity contribution is 7.85. The zero-order valence-electron chi connectivity index (χ0n) is 15.9. The topological polar surface area (TPSA) is 94.9 Å². The molecule has 3 atom stereocenters. The molecule has 4 rings (SSSR count). The van der Waals surface area contributed by atoms with Crippen molar-refractivity contribution in [2.75, 3.05) is 6.54 Å². The Balaban J connectivity index is 1.45. The molecular formula is C21H21ClN4O2S. The Kier molecular flexibility index (Phi) is 5.43. The number of carbonyl (C=O) groups is 1. The average molecular weight is 429 g/mol. The van der Waals surface area contributed by atoms with Crippen LogP contribution in [0.1, 0.15) is 25.0 Å². The lowest BCUT2D eigenvalue weighted by atomic mass is 10.1. The fourth-order valence-electron chi connectivity index (χ4n) is 3.58. The molecule has 0 radical (unpaired) electrons. The number of pyridine rings is 1. The summed E-state index contributed by atoms with van der Waals surface area (Å²) in [5.41, 5.74) is 2.11. The predicted molar refractivity (Wildman–Crippen MR) is 112 cm³/mol. The van der Waals surface area contributed by atoms with Crippen molar-refractivity contribution in [1.29, 1.82) is 5.26 Å². The SMILES string of the molecule is Cc1ncccc1-c1ccc(S(=O)C2CNC(C(=O)NC3(C#N)CC3)C2)c(Cl)c1. The third-order valence-electron chi connectivity index (χ3n) is 5.50. The van der Waals surface area contributed by atoms with Gasteiger partial charge in [-0.15, -0.1) is 0 Å². The minimum absolute atomic E-state index is 0.197. The molecule has 1 aromatic heterocycles. The molecule has 1 aliphatic carbocycles. The van der Waals surface area contributed by atoms with Crippen LogP contribution < -0.4 is 10.6 Å². The zero-order valence-corrected chi connectivity index (χ0v) is 17.5. The quantitative estimate of drug-likeness (QED) is 0.763. The number of carbonyl (C=O) groups excluding carboxylic acids is 1. The molecule has 2 fully saturated rings. The van der Waals surface area contributed by atoms with Crippen LogP contribution in [0.5, 0.6) is 0 Å². The molecular weight excluding hydrogens is 408 g/mol. The van der Waals surface area contributed by atoms with Crippen molar-refractivity contribution in [2.45, 2.75) is 47.9 Å². The summed E-state index contributed by atoms with van der Waals surface area (Å²) >= 11 is 6.47. The van der Waals surface area contributed by atoms with E-state index in [2.05, 4.69) is 21.7 Å². The van der Waals surface area contributed by atoms with Gasteiger partial charge < -0.3 is 10.6 Å². The molecule has 1 saturated carbocycles. The third kappa shape index (κ3) is 4.06. The molecule has 8 heteroatoms. The number of nitrogens with zero attached hydrogens (tertiary/aromatic N) is 2. The number of aryl methyl sites for hydroxylation is 1. The molecule has 6 nitrogen and oxygen atoms in total. The van der Waals surface area contributed by atoms with E-state index in [4.69, 9.17) is 16.9 Å². The van der Waals surface area contributed by atoms with Gasteiger partial charge in [-0.1, -0.05) is 23.7 Å². The van der Waals surface area contributed by atoms with Crippen molar-refractivity contribution in [3.63, 3.8) is 0 Å². The van der Waals surface area contributed by atoms with Crippen LogP contribution in [0.2, 0.25) is 5.02 Å². The largest absolute Gasteiger partial charge is 0.336 e. The van der Waals surface area contributed by atoms with Gasteiger partial charge in [-0.05, 0) is 49.9 Å². The fourth-order valence-corrected chi connectivity index (χ4v) is 5.42. The second kappa shape index (κ2) is 7.86. The van der Waals surface area contributed by atoms with E-state index in [1.54, 1.807) is 12.3 Å². The van der Waals surface area contributed by atoms with Gasteiger partial charge in [0.1, 0.15) is 5.54 Å². The van der Waals surface area contributed by atoms with E-state index in [9.17, 15) is 9.00 Å². The molecule has 1 aromatic carbocycles. The molecule has 2 N–H and O–H groups in total. The number of nitrogens with one attached hydrogen (secondary N) is 2. The van der Waals surface area contributed by atoms with Gasteiger partial charge in [-0.3, -0.25) is 14.0 Å². The molecule has 150 valence electrons. The first-order valence-electron chi connectivity index (χ1n) is 9.51. The second-order valence-electron chi connectivity index (χ2n) is 7.58. The van der Waals surface area contributed by atoms with Gasteiger partial charge in [0.05, 0.1) is 38.1 Å². The van der Waals surface area contributed by atoms with Crippen molar-refractivity contribution >= 4 is 28.3 Å². The van der Waals surface area contributed by atoms with Crippen LogP contribution in [0.25, 0.3) is 11.1 Å². The first-order chi connectivity index (χ1) is 13.9. The number of hydrogen-bond acceptors (Lipinski definition) is 5. The normalized spacial score (nSPS) is 23.2. The Bertz CT molecular complexity index is 1030. The van der Waals surface area contributed by atoms with Crippen molar-refractivity contribution in [3.8, 4) is 17.2 Å². The van der Waals surface area contributed by atoms with Gasteiger partial charge in [-0.2, -0.15) is 5.26 Å². The average Bonchev–Trinajstić information content (AvgIpc) is 3.31. The summed E-state index contributed by atoms with van der Waals surface area (Å²) in [6.07, 6.45) is 3.57. The standard InChI is InChI=1S/C21H21ClN4O2S/c1-13-16(3-2-8-24-13)14-4-5-19(17(22)9-14)29(28)15-10-18(25-11-15)20(27)26-21(12-23)6-7-21/h2-5,8-9,15,18,25H,6-7,10-11H2,1H3,(H,26,27). The van der Waals surface area contributed by atoms with Crippen LogP contribution >= 0.6 is 11.6 Å². The Labute approximate surface area is 177 Å². The zero-order chi connectivity index (χ0) is 20.6. The molecule has 2 aromatic rings. The number of benzene rings is 1. The van der Waals surface area contributed by atoms with E-state index >= 15 is 0 Å². The van der Waals surface area contributed by atoms with Gasteiger partial charge in [0.25, 0.3) is 0 Å². The smallest absolute Gasteiger partial charge is 0.238 e. The van der Waals surface area contributed by atoms with Crippen LogP contribution in [-0.2, 0) is 15.6 Å². The molecule has 0 bridgehead atoms. The number of aromatic nitrogens is 1. The number of amides is 1. The number of rotatable bonds is 5. The molecule has 3 unspecified atom stereocenters. The lowest BCUT2D eigenvalue weighted by Crippen LogP contribution is -2.45. The Morgan fingerprint density at radius 3 is 2.86 bits per heavy atom. The monoisotopic (exact) mass is 428 g/mol.